The fourth-order valence-corrected chi connectivity index (χ4v) is 2.42. The molecule has 0 aromatic heterocycles. The summed E-state index contributed by atoms with van der Waals surface area (Å²) in [7, 11) is 0. The summed E-state index contributed by atoms with van der Waals surface area (Å²) >= 11 is 0. The van der Waals surface area contributed by atoms with Gasteiger partial charge in [-0.1, -0.05) is 60.7 Å². The fraction of sp³-hybridized carbons (Fsp3) is 0.0909. The lowest BCUT2D eigenvalue weighted by Gasteiger charge is -2.09. The number of anilines is 1. The molecule has 0 saturated heterocycles. The van der Waals surface area contributed by atoms with Gasteiger partial charge in [-0.2, -0.15) is 0 Å². The van der Waals surface area contributed by atoms with Crippen LogP contribution in [0.1, 0.15) is 11.1 Å². The van der Waals surface area contributed by atoms with Gasteiger partial charge in [0.05, 0.1) is 0 Å². The Morgan fingerprint density at radius 1 is 0.704 bits per heavy atom. The molecule has 3 aromatic rings. The molecule has 3 aromatic carbocycles. The van der Waals surface area contributed by atoms with E-state index in [9.17, 15) is 9.59 Å². The van der Waals surface area contributed by atoms with E-state index < -0.39 is 11.8 Å². The monoisotopic (exact) mass is 360 g/mol. The van der Waals surface area contributed by atoms with E-state index in [1.807, 2.05) is 60.7 Å². The Bertz CT molecular complexity index is 878. The highest BCUT2D eigenvalue weighted by Crippen LogP contribution is 2.17. The molecule has 0 aliphatic rings. The molecule has 0 radical (unpaired) electrons. The molecule has 0 saturated carbocycles. The third-order valence-corrected chi connectivity index (χ3v) is 3.86. The van der Waals surface area contributed by atoms with Gasteiger partial charge in [0.25, 0.3) is 0 Å². The minimum atomic E-state index is -0.705. The maximum absolute atomic E-state index is 12.0. The first-order valence-electron chi connectivity index (χ1n) is 8.60. The van der Waals surface area contributed by atoms with Crippen molar-refractivity contribution >= 4 is 17.5 Å². The minimum Gasteiger partial charge on any atom is -0.489 e. The standard InChI is InChI=1S/C22H20N2O3/c25-21(23-15-17-7-3-1-4-8-17)22(26)24-19-11-13-20(14-12-19)27-16-18-9-5-2-6-10-18/h1-14H,15-16H2,(H,23,25)(H,24,26). The Kier molecular flexibility index (Phi) is 6.20. The lowest BCUT2D eigenvalue weighted by Crippen LogP contribution is -2.34. The number of carbonyl (C=O) groups excluding carboxylic acids is 2. The van der Waals surface area contributed by atoms with Crippen molar-refractivity contribution in [1.82, 2.24) is 5.32 Å². The molecular weight excluding hydrogens is 340 g/mol. The van der Waals surface area contributed by atoms with Gasteiger partial charge >= 0.3 is 11.8 Å². The Balaban J connectivity index is 1.47. The van der Waals surface area contributed by atoms with E-state index >= 15 is 0 Å². The summed E-state index contributed by atoms with van der Waals surface area (Å²) < 4.78 is 5.70. The summed E-state index contributed by atoms with van der Waals surface area (Å²) in [6, 6.07) is 26.2. The normalized spacial score (nSPS) is 10.1. The van der Waals surface area contributed by atoms with Crippen molar-refractivity contribution in [2.75, 3.05) is 5.32 Å². The highest BCUT2D eigenvalue weighted by molar-refractivity contribution is 6.39. The van der Waals surface area contributed by atoms with E-state index in [0.717, 1.165) is 11.1 Å². The van der Waals surface area contributed by atoms with Crippen molar-refractivity contribution in [3.63, 3.8) is 0 Å². The van der Waals surface area contributed by atoms with Crippen LogP contribution in [0.5, 0.6) is 5.75 Å². The maximum atomic E-state index is 12.0. The molecule has 3 rings (SSSR count). The number of nitrogens with one attached hydrogen (secondary N) is 2. The van der Waals surface area contributed by atoms with Gasteiger partial charge in [-0.05, 0) is 35.4 Å². The number of amides is 2. The van der Waals surface area contributed by atoms with Gasteiger partial charge < -0.3 is 15.4 Å². The molecule has 0 atom stereocenters. The molecule has 5 nitrogen and oxygen atoms in total. The van der Waals surface area contributed by atoms with Crippen LogP contribution in [0.25, 0.3) is 0 Å². The van der Waals surface area contributed by atoms with Gasteiger partial charge in [0.1, 0.15) is 12.4 Å². The van der Waals surface area contributed by atoms with Crippen LogP contribution in [-0.2, 0) is 22.7 Å². The number of ether oxygens (including phenoxy) is 1. The average Bonchev–Trinajstić information content (AvgIpc) is 2.73. The smallest absolute Gasteiger partial charge is 0.313 e. The summed E-state index contributed by atoms with van der Waals surface area (Å²) in [5, 5.41) is 5.17. The van der Waals surface area contributed by atoms with Crippen LogP contribution in [0.15, 0.2) is 84.9 Å². The number of hydrogen-bond donors (Lipinski definition) is 2. The SMILES string of the molecule is O=C(NCc1ccccc1)C(=O)Nc1ccc(OCc2ccccc2)cc1. The largest absolute Gasteiger partial charge is 0.489 e. The van der Waals surface area contributed by atoms with Gasteiger partial charge in [-0.3, -0.25) is 9.59 Å². The Morgan fingerprint density at radius 2 is 1.30 bits per heavy atom. The lowest BCUT2D eigenvalue weighted by molar-refractivity contribution is -0.136. The summed E-state index contributed by atoms with van der Waals surface area (Å²) in [6.07, 6.45) is 0. The maximum Gasteiger partial charge on any atom is 0.313 e. The molecule has 2 N–H and O–H groups in total. The van der Waals surface area contributed by atoms with Gasteiger partial charge in [-0.15, -0.1) is 0 Å². The molecule has 0 unspecified atom stereocenters. The number of carbonyl (C=O) groups is 2. The third kappa shape index (κ3) is 5.71. The second-order valence-electron chi connectivity index (χ2n) is 5.92. The van der Waals surface area contributed by atoms with Crippen LogP contribution in [0.4, 0.5) is 5.69 Å². The van der Waals surface area contributed by atoms with E-state index in [4.69, 9.17) is 4.74 Å². The van der Waals surface area contributed by atoms with Gasteiger partial charge in [0.2, 0.25) is 0 Å². The number of rotatable bonds is 6. The van der Waals surface area contributed by atoms with Crippen molar-refractivity contribution in [2.45, 2.75) is 13.2 Å². The average molecular weight is 360 g/mol. The summed E-state index contributed by atoms with van der Waals surface area (Å²) in [6.45, 7) is 0.772. The highest BCUT2D eigenvalue weighted by Gasteiger charge is 2.13. The predicted molar refractivity (Wildman–Crippen MR) is 104 cm³/mol. The molecule has 136 valence electrons. The van der Waals surface area contributed by atoms with Crippen LogP contribution in [0, 0.1) is 0 Å². The van der Waals surface area contributed by atoms with Crippen LogP contribution in [0.2, 0.25) is 0 Å². The second-order valence-corrected chi connectivity index (χ2v) is 5.92. The highest BCUT2D eigenvalue weighted by atomic mass is 16.5. The summed E-state index contributed by atoms with van der Waals surface area (Å²) in [4.78, 5) is 23.9. The van der Waals surface area contributed by atoms with E-state index in [0.29, 0.717) is 24.6 Å². The summed E-state index contributed by atoms with van der Waals surface area (Å²) in [5.41, 5.74) is 2.53. The lowest BCUT2D eigenvalue weighted by atomic mass is 10.2. The van der Waals surface area contributed by atoms with Crippen molar-refractivity contribution in [1.29, 1.82) is 0 Å². The van der Waals surface area contributed by atoms with Crippen LogP contribution < -0.4 is 15.4 Å². The molecule has 0 aliphatic heterocycles. The third-order valence-electron chi connectivity index (χ3n) is 3.86. The van der Waals surface area contributed by atoms with E-state index in [-0.39, 0.29) is 0 Å². The van der Waals surface area contributed by atoms with Crippen molar-refractivity contribution in [3.05, 3.63) is 96.1 Å². The Hall–Kier alpha value is -3.60. The predicted octanol–water partition coefficient (Wildman–Crippen LogP) is 3.52. The molecule has 5 heteroatoms. The van der Waals surface area contributed by atoms with Gasteiger partial charge in [0.15, 0.2) is 0 Å². The number of benzene rings is 3. The van der Waals surface area contributed by atoms with Crippen molar-refractivity contribution < 1.29 is 14.3 Å². The molecule has 0 fully saturated rings. The molecule has 0 bridgehead atoms. The molecular formula is C22H20N2O3. The summed E-state index contributed by atoms with van der Waals surface area (Å²) in [5.74, 6) is -0.697. The zero-order chi connectivity index (χ0) is 18.9. The van der Waals surface area contributed by atoms with Crippen LogP contribution >= 0.6 is 0 Å². The second kappa shape index (κ2) is 9.20. The molecule has 2 amide bonds. The fourth-order valence-electron chi connectivity index (χ4n) is 2.42. The van der Waals surface area contributed by atoms with E-state index in [1.54, 1.807) is 24.3 Å². The first kappa shape index (κ1) is 18.2. The van der Waals surface area contributed by atoms with Crippen LogP contribution in [0.3, 0.4) is 0 Å². The first-order chi connectivity index (χ1) is 13.2. The zero-order valence-corrected chi connectivity index (χ0v) is 14.7. The topological polar surface area (TPSA) is 67.4 Å². The number of hydrogen-bond acceptors (Lipinski definition) is 3. The van der Waals surface area contributed by atoms with Crippen LogP contribution in [-0.4, -0.2) is 11.8 Å². The molecule has 0 spiro atoms. The first-order valence-corrected chi connectivity index (χ1v) is 8.60. The Morgan fingerprint density at radius 3 is 1.93 bits per heavy atom. The van der Waals surface area contributed by atoms with Gasteiger partial charge in [0, 0.05) is 12.2 Å². The van der Waals surface area contributed by atoms with Crippen molar-refractivity contribution in [3.8, 4) is 5.75 Å². The van der Waals surface area contributed by atoms with Crippen molar-refractivity contribution in [2.24, 2.45) is 0 Å². The van der Waals surface area contributed by atoms with E-state index in [2.05, 4.69) is 10.6 Å². The van der Waals surface area contributed by atoms with Gasteiger partial charge in [-0.25, -0.2) is 0 Å². The quantitative estimate of drug-likeness (QED) is 0.661. The minimum absolute atomic E-state index is 0.305. The Labute approximate surface area is 158 Å². The zero-order valence-electron chi connectivity index (χ0n) is 14.7. The molecule has 0 heterocycles. The molecule has 27 heavy (non-hydrogen) atoms. The molecule has 0 aliphatic carbocycles. The van der Waals surface area contributed by atoms with E-state index in [1.165, 1.54) is 0 Å².